The van der Waals surface area contributed by atoms with E-state index < -0.39 is 5.79 Å². The van der Waals surface area contributed by atoms with Gasteiger partial charge >= 0.3 is 0 Å². The Kier molecular flexibility index (Phi) is 2.86. The Morgan fingerprint density at radius 3 is 2.50 bits per heavy atom. The molecule has 0 radical (unpaired) electrons. The number of hydrogen-bond acceptors (Lipinski definition) is 4. The molecule has 0 aromatic carbocycles. The highest BCUT2D eigenvalue weighted by molar-refractivity contribution is 5.06. The average Bonchev–Trinajstić information content (AvgIpc) is 2.62. The van der Waals surface area contributed by atoms with E-state index in [9.17, 15) is 0 Å². The molecular formula is C8H12O4. The molecule has 0 saturated heterocycles. The molecule has 0 aliphatic rings. The number of hydrogen-bond donors (Lipinski definition) is 1. The monoisotopic (exact) mass is 172 g/mol. The molecule has 1 rings (SSSR count). The zero-order valence-corrected chi connectivity index (χ0v) is 7.11. The largest absolute Gasteiger partial charge is 0.464 e. The smallest absolute Gasteiger partial charge is 0.251 e. The number of aliphatic hydroxyl groups is 1. The van der Waals surface area contributed by atoms with Crippen molar-refractivity contribution in [2.75, 3.05) is 20.8 Å². The molecule has 0 saturated carbocycles. The van der Waals surface area contributed by atoms with E-state index in [1.54, 1.807) is 12.1 Å². The minimum Gasteiger partial charge on any atom is -0.464 e. The minimum absolute atomic E-state index is 0.284. The van der Waals surface area contributed by atoms with Gasteiger partial charge in [-0.2, -0.15) is 0 Å². The second-order valence-electron chi connectivity index (χ2n) is 2.30. The first kappa shape index (κ1) is 9.25. The van der Waals surface area contributed by atoms with Crippen molar-refractivity contribution in [2.45, 2.75) is 5.79 Å². The molecule has 0 spiro atoms. The molecule has 68 valence electrons. The van der Waals surface area contributed by atoms with Gasteiger partial charge in [-0.1, -0.05) is 0 Å². The molecule has 0 unspecified atom stereocenters. The van der Waals surface area contributed by atoms with Gasteiger partial charge in [-0.3, -0.25) is 0 Å². The van der Waals surface area contributed by atoms with Gasteiger partial charge in [0.1, 0.15) is 6.61 Å². The second-order valence-corrected chi connectivity index (χ2v) is 2.30. The van der Waals surface area contributed by atoms with E-state index in [0.29, 0.717) is 5.76 Å². The molecule has 4 heteroatoms. The number of rotatable bonds is 4. The first-order valence-corrected chi connectivity index (χ1v) is 3.54. The maximum Gasteiger partial charge on any atom is 0.251 e. The van der Waals surface area contributed by atoms with Crippen LogP contribution in [0.4, 0.5) is 0 Å². The lowest BCUT2D eigenvalue weighted by Crippen LogP contribution is -2.34. The lowest BCUT2D eigenvalue weighted by atomic mass is 10.2. The molecule has 12 heavy (non-hydrogen) atoms. The zero-order valence-electron chi connectivity index (χ0n) is 7.11. The summed E-state index contributed by atoms with van der Waals surface area (Å²) < 4.78 is 15.1. The van der Waals surface area contributed by atoms with Crippen LogP contribution in [0.15, 0.2) is 22.8 Å². The number of furan rings is 1. The maximum absolute atomic E-state index is 9.04. The van der Waals surface area contributed by atoms with Crippen molar-refractivity contribution in [3.05, 3.63) is 24.2 Å². The third kappa shape index (κ3) is 1.36. The van der Waals surface area contributed by atoms with E-state index in [0.717, 1.165) is 0 Å². The highest BCUT2D eigenvalue weighted by Gasteiger charge is 2.34. The molecule has 0 bridgehead atoms. The first-order chi connectivity index (χ1) is 5.79. The quantitative estimate of drug-likeness (QED) is 0.680. The second kappa shape index (κ2) is 3.71. The Balaban J connectivity index is 2.93. The SMILES string of the molecule is COC(CO)(OC)c1ccco1. The molecule has 1 N–H and O–H groups in total. The van der Waals surface area contributed by atoms with Crippen LogP contribution in [-0.2, 0) is 15.3 Å². The number of aliphatic hydroxyl groups excluding tert-OH is 1. The normalized spacial score (nSPS) is 11.9. The van der Waals surface area contributed by atoms with Crippen LogP contribution in [0.5, 0.6) is 0 Å². The fourth-order valence-corrected chi connectivity index (χ4v) is 0.987. The summed E-state index contributed by atoms with van der Waals surface area (Å²) in [7, 11) is 2.89. The van der Waals surface area contributed by atoms with Crippen LogP contribution in [0.25, 0.3) is 0 Å². The van der Waals surface area contributed by atoms with E-state index in [2.05, 4.69) is 0 Å². The molecule has 1 aromatic rings. The zero-order chi connectivity index (χ0) is 9.03. The van der Waals surface area contributed by atoms with E-state index >= 15 is 0 Å². The molecule has 4 nitrogen and oxygen atoms in total. The van der Waals surface area contributed by atoms with E-state index in [1.807, 2.05) is 0 Å². The van der Waals surface area contributed by atoms with Crippen molar-refractivity contribution in [2.24, 2.45) is 0 Å². The van der Waals surface area contributed by atoms with Gasteiger partial charge in [0.05, 0.1) is 6.26 Å². The van der Waals surface area contributed by atoms with Crippen molar-refractivity contribution in [3.8, 4) is 0 Å². The van der Waals surface area contributed by atoms with Crippen LogP contribution in [-0.4, -0.2) is 25.9 Å². The van der Waals surface area contributed by atoms with Gasteiger partial charge in [0.15, 0.2) is 5.76 Å². The molecule has 0 atom stereocenters. The van der Waals surface area contributed by atoms with Crippen LogP contribution in [0.2, 0.25) is 0 Å². The van der Waals surface area contributed by atoms with Crippen LogP contribution in [0.3, 0.4) is 0 Å². The predicted molar refractivity (Wildman–Crippen MR) is 41.5 cm³/mol. The Morgan fingerprint density at radius 1 is 1.50 bits per heavy atom. The van der Waals surface area contributed by atoms with Crippen molar-refractivity contribution in [1.29, 1.82) is 0 Å². The van der Waals surface area contributed by atoms with Crippen LogP contribution in [0.1, 0.15) is 5.76 Å². The minimum atomic E-state index is -1.16. The molecule has 0 amide bonds. The Bertz CT molecular complexity index is 205. The number of methoxy groups -OCH3 is 2. The van der Waals surface area contributed by atoms with Gasteiger partial charge in [0, 0.05) is 14.2 Å². The van der Waals surface area contributed by atoms with Crippen molar-refractivity contribution >= 4 is 0 Å². The summed E-state index contributed by atoms with van der Waals surface area (Å²) in [5.74, 6) is -0.709. The topological polar surface area (TPSA) is 51.8 Å². The Hall–Kier alpha value is -0.840. The van der Waals surface area contributed by atoms with E-state index in [4.69, 9.17) is 19.0 Å². The lowest BCUT2D eigenvalue weighted by molar-refractivity contribution is -0.246. The standard InChI is InChI=1S/C8H12O4/c1-10-8(6-9,11-2)7-4-3-5-12-7/h3-5,9H,6H2,1-2H3. The predicted octanol–water partition coefficient (Wildman–Crippen LogP) is 0.718. The van der Waals surface area contributed by atoms with Gasteiger partial charge < -0.3 is 19.0 Å². The summed E-state index contributed by atoms with van der Waals surface area (Å²) in [6.07, 6.45) is 1.50. The van der Waals surface area contributed by atoms with Crippen molar-refractivity contribution < 1.29 is 19.0 Å². The molecule has 1 heterocycles. The van der Waals surface area contributed by atoms with E-state index in [1.165, 1.54) is 20.5 Å². The molecule has 0 aliphatic carbocycles. The summed E-state index contributed by atoms with van der Waals surface area (Å²) in [6.45, 7) is -0.284. The average molecular weight is 172 g/mol. The van der Waals surface area contributed by atoms with Gasteiger partial charge in [0.2, 0.25) is 0 Å². The maximum atomic E-state index is 9.04. The van der Waals surface area contributed by atoms with Gasteiger partial charge in [-0.25, -0.2) is 0 Å². The van der Waals surface area contributed by atoms with Crippen molar-refractivity contribution in [3.63, 3.8) is 0 Å². The summed E-state index contributed by atoms with van der Waals surface area (Å²) >= 11 is 0. The summed E-state index contributed by atoms with van der Waals surface area (Å²) in [4.78, 5) is 0. The highest BCUT2D eigenvalue weighted by atomic mass is 16.7. The van der Waals surface area contributed by atoms with Crippen LogP contribution < -0.4 is 0 Å². The first-order valence-electron chi connectivity index (χ1n) is 3.54. The van der Waals surface area contributed by atoms with Crippen molar-refractivity contribution in [1.82, 2.24) is 0 Å². The summed E-state index contributed by atoms with van der Waals surface area (Å²) in [5.41, 5.74) is 0. The molecule has 1 aromatic heterocycles. The number of ether oxygens (including phenoxy) is 2. The fourth-order valence-electron chi connectivity index (χ4n) is 0.987. The van der Waals surface area contributed by atoms with Crippen LogP contribution in [0, 0.1) is 0 Å². The Morgan fingerprint density at radius 2 is 2.17 bits per heavy atom. The lowest BCUT2D eigenvalue weighted by Gasteiger charge is -2.25. The van der Waals surface area contributed by atoms with Crippen LogP contribution >= 0.6 is 0 Å². The van der Waals surface area contributed by atoms with Gasteiger partial charge in [-0.15, -0.1) is 0 Å². The fraction of sp³-hybridized carbons (Fsp3) is 0.500. The highest BCUT2D eigenvalue weighted by Crippen LogP contribution is 2.25. The molecule has 0 aliphatic heterocycles. The molecular weight excluding hydrogens is 160 g/mol. The van der Waals surface area contributed by atoms with Gasteiger partial charge in [0.25, 0.3) is 5.79 Å². The third-order valence-electron chi connectivity index (χ3n) is 1.76. The molecule has 0 fully saturated rings. The van der Waals surface area contributed by atoms with Gasteiger partial charge in [-0.05, 0) is 12.1 Å². The summed E-state index contributed by atoms with van der Waals surface area (Å²) in [5, 5.41) is 9.04. The van der Waals surface area contributed by atoms with E-state index in [-0.39, 0.29) is 6.61 Å². The third-order valence-corrected chi connectivity index (χ3v) is 1.76. The Labute approximate surface area is 70.7 Å². The summed E-state index contributed by atoms with van der Waals surface area (Å²) in [6, 6.07) is 3.39.